The predicted molar refractivity (Wildman–Crippen MR) is 63.7 cm³/mol. The summed E-state index contributed by atoms with van der Waals surface area (Å²) in [6.07, 6.45) is 2.33. The van der Waals surface area contributed by atoms with Gasteiger partial charge in [0.25, 0.3) is 0 Å². The fourth-order valence-corrected chi connectivity index (χ4v) is 3.80. The second-order valence-corrected chi connectivity index (χ2v) is 6.58. The van der Waals surface area contributed by atoms with Crippen molar-refractivity contribution in [1.82, 2.24) is 4.90 Å². The molecule has 0 radical (unpaired) electrons. The second-order valence-electron chi connectivity index (χ2n) is 6.58. The molecule has 3 aliphatic rings. The molecule has 0 unspecified atom stereocenters. The maximum atomic E-state index is 10.9. The molecule has 0 aromatic heterocycles. The second kappa shape index (κ2) is 3.67. The summed E-state index contributed by atoms with van der Waals surface area (Å²) in [5.74, 6) is 0.173. The van der Waals surface area contributed by atoms with E-state index in [4.69, 9.17) is 4.74 Å². The van der Waals surface area contributed by atoms with Gasteiger partial charge in [0.1, 0.15) is 5.60 Å². The Morgan fingerprint density at radius 1 is 1.29 bits per heavy atom. The van der Waals surface area contributed by atoms with Gasteiger partial charge < -0.3 is 14.9 Å². The van der Waals surface area contributed by atoms with Crippen LogP contribution in [0.15, 0.2) is 0 Å². The van der Waals surface area contributed by atoms with Gasteiger partial charge in [-0.2, -0.15) is 0 Å². The van der Waals surface area contributed by atoms with Gasteiger partial charge in [0.2, 0.25) is 0 Å². The van der Waals surface area contributed by atoms with Gasteiger partial charge in [0.05, 0.1) is 24.4 Å². The van der Waals surface area contributed by atoms with Crippen molar-refractivity contribution in [3.05, 3.63) is 0 Å². The minimum absolute atomic E-state index is 0.114. The number of nitrogens with zero attached hydrogens (tertiary/aromatic N) is 1. The molecule has 98 valence electrons. The van der Waals surface area contributed by atoms with E-state index in [0.717, 1.165) is 19.5 Å². The average Bonchev–Trinajstić information content (AvgIpc) is 2.38. The van der Waals surface area contributed by atoms with Gasteiger partial charge in [-0.15, -0.1) is 0 Å². The molecule has 2 N–H and O–H groups in total. The lowest BCUT2D eigenvalue weighted by molar-refractivity contribution is -0.202. The van der Waals surface area contributed by atoms with Crippen molar-refractivity contribution in [2.45, 2.75) is 56.5 Å². The van der Waals surface area contributed by atoms with E-state index < -0.39 is 11.7 Å². The van der Waals surface area contributed by atoms with E-state index in [9.17, 15) is 10.2 Å². The van der Waals surface area contributed by atoms with Crippen molar-refractivity contribution in [2.75, 3.05) is 19.7 Å². The molecule has 3 fully saturated rings. The summed E-state index contributed by atoms with van der Waals surface area (Å²) in [5, 5.41) is 21.1. The maximum Gasteiger partial charge on any atom is 0.109 e. The predicted octanol–water partition coefficient (Wildman–Crippen LogP) is 0.372. The molecule has 1 aliphatic carbocycles. The van der Waals surface area contributed by atoms with Crippen LogP contribution in [0, 0.1) is 5.92 Å². The molecular weight excluding hydrogens is 218 g/mol. The molecule has 17 heavy (non-hydrogen) atoms. The quantitative estimate of drug-likeness (QED) is 0.696. The van der Waals surface area contributed by atoms with Crippen LogP contribution in [0.2, 0.25) is 0 Å². The van der Waals surface area contributed by atoms with Crippen LogP contribution in [0.4, 0.5) is 0 Å². The standard InChI is InChI=1S/C13H23NO3/c1-12(2)7-9-6-10(15)11(14-4-3-5-14)13(9,16)8-17-12/h9-11,15-16H,3-8H2,1-2H3/t9-,10-,11+,13+/m1/s1. The topological polar surface area (TPSA) is 52.9 Å². The first-order valence-corrected chi connectivity index (χ1v) is 6.71. The molecule has 0 aromatic rings. The highest BCUT2D eigenvalue weighted by Gasteiger charge is 2.60. The highest BCUT2D eigenvalue weighted by Crippen LogP contribution is 2.48. The largest absolute Gasteiger partial charge is 0.391 e. The smallest absolute Gasteiger partial charge is 0.109 e. The fourth-order valence-electron chi connectivity index (χ4n) is 3.80. The molecule has 3 rings (SSSR count). The van der Waals surface area contributed by atoms with Gasteiger partial charge in [-0.25, -0.2) is 0 Å². The highest BCUT2D eigenvalue weighted by atomic mass is 16.5. The van der Waals surface area contributed by atoms with Crippen LogP contribution in [0.5, 0.6) is 0 Å². The van der Waals surface area contributed by atoms with E-state index in [1.54, 1.807) is 0 Å². The zero-order chi connectivity index (χ0) is 12.3. The first kappa shape index (κ1) is 11.9. The molecular formula is C13H23NO3. The zero-order valence-corrected chi connectivity index (χ0v) is 10.7. The van der Waals surface area contributed by atoms with Crippen LogP contribution in [0.25, 0.3) is 0 Å². The van der Waals surface area contributed by atoms with Gasteiger partial charge in [-0.05, 0) is 52.1 Å². The number of hydrogen-bond acceptors (Lipinski definition) is 4. The van der Waals surface area contributed by atoms with Gasteiger partial charge >= 0.3 is 0 Å². The van der Waals surface area contributed by atoms with Crippen LogP contribution >= 0.6 is 0 Å². The number of ether oxygens (including phenoxy) is 1. The summed E-state index contributed by atoms with van der Waals surface area (Å²) < 4.78 is 5.79. The van der Waals surface area contributed by atoms with Crippen LogP contribution in [0.3, 0.4) is 0 Å². The lowest BCUT2D eigenvalue weighted by Gasteiger charge is -2.50. The first-order valence-electron chi connectivity index (χ1n) is 6.71. The molecule has 0 amide bonds. The van der Waals surface area contributed by atoms with E-state index in [-0.39, 0.29) is 17.6 Å². The van der Waals surface area contributed by atoms with Gasteiger partial charge in [-0.3, -0.25) is 4.90 Å². The van der Waals surface area contributed by atoms with E-state index in [0.29, 0.717) is 13.0 Å². The number of hydrogen-bond donors (Lipinski definition) is 2. The Morgan fingerprint density at radius 3 is 2.59 bits per heavy atom. The third-order valence-electron chi connectivity index (χ3n) is 4.83. The summed E-state index contributed by atoms with van der Waals surface area (Å²) in [4.78, 5) is 2.21. The Labute approximate surface area is 103 Å². The summed E-state index contributed by atoms with van der Waals surface area (Å²) in [6, 6.07) is -0.114. The van der Waals surface area contributed by atoms with Crippen molar-refractivity contribution < 1.29 is 14.9 Å². The summed E-state index contributed by atoms with van der Waals surface area (Å²) in [5.41, 5.74) is -1.00. The molecule has 4 heteroatoms. The normalized spacial score (nSPS) is 49.8. The Hall–Kier alpha value is -0.160. The lowest BCUT2D eigenvalue weighted by atomic mass is 9.78. The summed E-state index contributed by atoms with van der Waals surface area (Å²) >= 11 is 0. The fraction of sp³-hybridized carbons (Fsp3) is 1.00. The number of likely N-dealkylation sites (tertiary alicyclic amines) is 1. The van der Waals surface area contributed by atoms with Crippen molar-refractivity contribution >= 4 is 0 Å². The van der Waals surface area contributed by atoms with E-state index in [2.05, 4.69) is 18.7 Å². The molecule has 2 aliphatic heterocycles. The Bertz CT molecular complexity index is 316. The SMILES string of the molecule is CC1(C)C[C@H]2C[C@@H](O)[C@H](N3CCC3)[C@]2(O)CO1. The monoisotopic (exact) mass is 241 g/mol. The summed E-state index contributed by atoms with van der Waals surface area (Å²) in [6.45, 7) is 6.50. The van der Waals surface area contributed by atoms with E-state index >= 15 is 0 Å². The number of aliphatic hydroxyl groups is 2. The van der Waals surface area contributed by atoms with E-state index in [1.807, 2.05) is 0 Å². The number of fused-ring (bicyclic) bond motifs is 1. The van der Waals surface area contributed by atoms with Gasteiger partial charge in [0.15, 0.2) is 0 Å². The lowest BCUT2D eigenvalue weighted by Crippen LogP contribution is -2.64. The molecule has 4 atom stereocenters. The molecule has 2 heterocycles. The van der Waals surface area contributed by atoms with Gasteiger partial charge in [0, 0.05) is 0 Å². The van der Waals surface area contributed by atoms with Crippen LogP contribution in [0.1, 0.15) is 33.1 Å². The molecule has 2 saturated heterocycles. The Morgan fingerprint density at radius 2 is 2.00 bits per heavy atom. The Balaban J connectivity index is 1.83. The van der Waals surface area contributed by atoms with Crippen molar-refractivity contribution in [3.63, 3.8) is 0 Å². The first-order chi connectivity index (χ1) is 7.92. The van der Waals surface area contributed by atoms with Crippen LogP contribution < -0.4 is 0 Å². The van der Waals surface area contributed by atoms with Crippen LogP contribution in [-0.4, -0.2) is 58.2 Å². The minimum atomic E-state index is -0.838. The third-order valence-corrected chi connectivity index (χ3v) is 4.83. The molecule has 0 bridgehead atoms. The third kappa shape index (κ3) is 1.73. The minimum Gasteiger partial charge on any atom is -0.391 e. The molecule has 4 nitrogen and oxygen atoms in total. The highest BCUT2D eigenvalue weighted by molar-refractivity contribution is 5.12. The Kier molecular flexibility index (Phi) is 2.57. The van der Waals surface area contributed by atoms with Crippen LogP contribution in [-0.2, 0) is 4.74 Å². The molecule has 0 spiro atoms. The van der Waals surface area contributed by atoms with Crippen molar-refractivity contribution in [1.29, 1.82) is 0 Å². The zero-order valence-electron chi connectivity index (χ0n) is 10.7. The van der Waals surface area contributed by atoms with Crippen molar-refractivity contribution in [2.24, 2.45) is 5.92 Å². The molecule has 1 saturated carbocycles. The number of aliphatic hydroxyl groups excluding tert-OH is 1. The summed E-state index contributed by atoms with van der Waals surface area (Å²) in [7, 11) is 0. The van der Waals surface area contributed by atoms with Gasteiger partial charge in [-0.1, -0.05) is 0 Å². The van der Waals surface area contributed by atoms with E-state index in [1.165, 1.54) is 6.42 Å². The maximum absolute atomic E-state index is 10.9. The average molecular weight is 241 g/mol. The van der Waals surface area contributed by atoms with Crippen molar-refractivity contribution in [3.8, 4) is 0 Å². The molecule has 0 aromatic carbocycles. The number of rotatable bonds is 1.